The first-order valence-corrected chi connectivity index (χ1v) is 8.95. The molecule has 0 fully saturated rings. The van der Waals surface area contributed by atoms with E-state index in [-0.39, 0.29) is 0 Å². The maximum atomic E-state index is 5.40. The van der Waals surface area contributed by atoms with Gasteiger partial charge in [0.25, 0.3) is 5.89 Å². The molecule has 28 heavy (non-hydrogen) atoms. The lowest BCUT2D eigenvalue weighted by Crippen LogP contribution is -2.01. The molecule has 2 aromatic heterocycles. The van der Waals surface area contributed by atoms with Gasteiger partial charge in [-0.1, -0.05) is 41.1 Å². The number of methoxy groups -OCH3 is 1. The first kappa shape index (κ1) is 17.7. The number of nitrogens with zero attached hydrogens (tertiary/aromatic N) is 3. The number of ether oxygens (including phenoxy) is 1. The lowest BCUT2D eigenvalue weighted by Gasteiger charge is -2.07. The predicted molar refractivity (Wildman–Crippen MR) is 108 cm³/mol. The minimum atomic E-state index is 0.448. The van der Waals surface area contributed by atoms with Crippen LogP contribution < -0.4 is 10.1 Å². The molecule has 0 unspecified atom stereocenters. The molecular weight excluding hydrogens is 352 g/mol. The van der Waals surface area contributed by atoms with Gasteiger partial charge in [0.05, 0.1) is 12.7 Å². The van der Waals surface area contributed by atoms with Crippen LogP contribution in [0.1, 0.15) is 11.1 Å². The van der Waals surface area contributed by atoms with Crippen molar-refractivity contribution in [1.82, 2.24) is 15.1 Å². The Hall–Kier alpha value is -3.67. The van der Waals surface area contributed by atoms with Crippen LogP contribution in [-0.4, -0.2) is 22.2 Å². The van der Waals surface area contributed by atoms with Gasteiger partial charge in [-0.2, -0.15) is 4.98 Å². The number of aryl methyl sites for hydroxylation is 1. The van der Waals surface area contributed by atoms with Crippen molar-refractivity contribution in [3.63, 3.8) is 0 Å². The molecule has 2 heterocycles. The molecule has 2 aromatic carbocycles. The van der Waals surface area contributed by atoms with Crippen molar-refractivity contribution >= 4 is 5.82 Å². The molecule has 6 nitrogen and oxygen atoms in total. The van der Waals surface area contributed by atoms with Crippen molar-refractivity contribution in [3.8, 4) is 28.6 Å². The maximum Gasteiger partial charge on any atom is 0.259 e. The lowest BCUT2D eigenvalue weighted by atomic mass is 10.1. The van der Waals surface area contributed by atoms with Gasteiger partial charge in [0, 0.05) is 18.3 Å². The smallest absolute Gasteiger partial charge is 0.259 e. The van der Waals surface area contributed by atoms with Gasteiger partial charge >= 0.3 is 0 Å². The number of benzene rings is 2. The van der Waals surface area contributed by atoms with Crippen LogP contribution in [-0.2, 0) is 6.54 Å². The number of hydrogen-bond acceptors (Lipinski definition) is 6. The third kappa shape index (κ3) is 4.01. The van der Waals surface area contributed by atoms with E-state index in [0.717, 1.165) is 33.8 Å². The van der Waals surface area contributed by atoms with Crippen molar-refractivity contribution in [2.24, 2.45) is 0 Å². The Kier molecular flexibility index (Phi) is 5.01. The van der Waals surface area contributed by atoms with E-state index in [4.69, 9.17) is 9.26 Å². The Morgan fingerprint density at radius 1 is 1.00 bits per heavy atom. The fourth-order valence-corrected chi connectivity index (χ4v) is 2.84. The molecule has 0 aliphatic carbocycles. The van der Waals surface area contributed by atoms with Crippen molar-refractivity contribution in [3.05, 3.63) is 78.0 Å². The van der Waals surface area contributed by atoms with E-state index in [2.05, 4.69) is 20.4 Å². The maximum absolute atomic E-state index is 5.40. The summed E-state index contributed by atoms with van der Waals surface area (Å²) in [6, 6.07) is 19.7. The molecular formula is C22H20N4O2. The number of aromatic nitrogens is 3. The second-order valence-corrected chi connectivity index (χ2v) is 6.43. The van der Waals surface area contributed by atoms with E-state index < -0.39 is 0 Å². The average Bonchev–Trinajstić information content (AvgIpc) is 3.23. The van der Waals surface area contributed by atoms with Crippen LogP contribution in [0.2, 0.25) is 0 Å². The summed E-state index contributed by atoms with van der Waals surface area (Å²) in [6.07, 6.45) is 1.72. The first-order valence-electron chi connectivity index (χ1n) is 8.95. The minimum absolute atomic E-state index is 0.448. The lowest BCUT2D eigenvalue weighted by molar-refractivity contribution is 0.414. The molecule has 0 aliphatic heterocycles. The van der Waals surface area contributed by atoms with Crippen LogP contribution >= 0.6 is 0 Å². The average molecular weight is 372 g/mol. The molecule has 0 amide bonds. The summed E-state index contributed by atoms with van der Waals surface area (Å²) >= 11 is 0. The minimum Gasteiger partial charge on any atom is -0.497 e. The molecule has 0 aliphatic rings. The normalized spacial score (nSPS) is 10.6. The molecule has 4 rings (SSSR count). The Balaban J connectivity index is 1.44. The highest BCUT2D eigenvalue weighted by Gasteiger charge is 2.11. The standard InChI is InChI=1S/C22H20N4O2/c1-15-5-3-7-17(11-15)21-25-22(28-26-21)18-9-10-20(24-14-18)23-13-16-6-4-8-19(12-16)27-2/h3-12,14H,13H2,1-2H3,(H,23,24). The van der Waals surface area contributed by atoms with Crippen molar-refractivity contribution in [2.75, 3.05) is 12.4 Å². The molecule has 1 N–H and O–H groups in total. The van der Waals surface area contributed by atoms with E-state index in [1.807, 2.05) is 67.6 Å². The van der Waals surface area contributed by atoms with Gasteiger partial charge in [0.1, 0.15) is 11.6 Å². The number of hydrogen-bond donors (Lipinski definition) is 1. The Labute approximate surface area is 163 Å². The van der Waals surface area contributed by atoms with Crippen LogP contribution in [0.4, 0.5) is 5.82 Å². The number of anilines is 1. The number of rotatable bonds is 6. The van der Waals surface area contributed by atoms with Gasteiger partial charge in [-0.05, 0) is 42.8 Å². The second-order valence-electron chi connectivity index (χ2n) is 6.43. The van der Waals surface area contributed by atoms with Gasteiger partial charge in [-0.25, -0.2) is 4.98 Å². The largest absolute Gasteiger partial charge is 0.497 e. The van der Waals surface area contributed by atoms with Crippen molar-refractivity contribution < 1.29 is 9.26 Å². The topological polar surface area (TPSA) is 73.1 Å². The van der Waals surface area contributed by atoms with Crippen LogP contribution in [0.25, 0.3) is 22.8 Å². The monoisotopic (exact) mass is 372 g/mol. The molecule has 4 aromatic rings. The van der Waals surface area contributed by atoms with Crippen molar-refractivity contribution in [1.29, 1.82) is 0 Å². The summed E-state index contributed by atoms with van der Waals surface area (Å²) in [5, 5.41) is 7.37. The fraction of sp³-hybridized carbons (Fsp3) is 0.136. The van der Waals surface area contributed by atoms with Crippen LogP contribution in [0, 0.1) is 6.92 Å². The third-order valence-electron chi connectivity index (χ3n) is 4.32. The molecule has 0 saturated heterocycles. The van der Waals surface area contributed by atoms with Gasteiger partial charge in [0.15, 0.2) is 0 Å². The van der Waals surface area contributed by atoms with E-state index in [9.17, 15) is 0 Å². The highest BCUT2D eigenvalue weighted by Crippen LogP contribution is 2.23. The SMILES string of the molecule is COc1cccc(CNc2ccc(-c3nc(-c4cccc(C)c4)no3)cn2)c1. The zero-order valence-corrected chi connectivity index (χ0v) is 15.7. The van der Waals surface area contributed by atoms with Gasteiger partial charge in [-0.3, -0.25) is 0 Å². The fourth-order valence-electron chi connectivity index (χ4n) is 2.84. The predicted octanol–water partition coefficient (Wildman–Crippen LogP) is 4.73. The van der Waals surface area contributed by atoms with E-state index in [0.29, 0.717) is 18.3 Å². The Bertz CT molecular complexity index is 1070. The number of pyridine rings is 1. The van der Waals surface area contributed by atoms with Crippen LogP contribution in [0.15, 0.2) is 71.4 Å². The van der Waals surface area contributed by atoms with Gasteiger partial charge < -0.3 is 14.6 Å². The van der Waals surface area contributed by atoms with E-state index in [1.54, 1.807) is 13.3 Å². The van der Waals surface area contributed by atoms with Crippen LogP contribution in [0.3, 0.4) is 0 Å². The zero-order valence-electron chi connectivity index (χ0n) is 15.7. The zero-order chi connectivity index (χ0) is 19.3. The summed E-state index contributed by atoms with van der Waals surface area (Å²) in [5.41, 5.74) is 3.97. The summed E-state index contributed by atoms with van der Waals surface area (Å²) in [4.78, 5) is 8.92. The van der Waals surface area contributed by atoms with Gasteiger partial charge in [-0.15, -0.1) is 0 Å². The molecule has 0 saturated carbocycles. The molecule has 0 atom stereocenters. The molecule has 6 heteroatoms. The number of nitrogens with one attached hydrogen (secondary N) is 1. The van der Waals surface area contributed by atoms with Gasteiger partial charge in [0.2, 0.25) is 5.82 Å². The summed E-state index contributed by atoms with van der Waals surface area (Å²) in [6.45, 7) is 2.69. The first-order chi connectivity index (χ1) is 13.7. The Morgan fingerprint density at radius 3 is 2.68 bits per heavy atom. The summed E-state index contributed by atoms with van der Waals surface area (Å²) in [5.74, 6) is 2.62. The second kappa shape index (κ2) is 7.92. The summed E-state index contributed by atoms with van der Waals surface area (Å²) < 4.78 is 10.6. The molecule has 140 valence electrons. The third-order valence-corrected chi connectivity index (χ3v) is 4.32. The highest BCUT2D eigenvalue weighted by atomic mass is 16.5. The molecule has 0 spiro atoms. The highest BCUT2D eigenvalue weighted by molar-refractivity contribution is 5.60. The van der Waals surface area contributed by atoms with E-state index >= 15 is 0 Å². The van der Waals surface area contributed by atoms with Crippen LogP contribution in [0.5, 0.6) is 5.75 Å². The molecule has 0 radical (unpaired) electrons. The van der Waals surface area contributed by atoms with E-state index in [1.165, 1.54) is 0 Å². The summed E-state index contributed by atoms with van der Waals surface area (Å²) in [7, 11) is 1.66. The Morgan fingerprint density at radius 2 is 1.89 bits per heavy atom. The quantitative estimate of drug-likeness (QED) is 0.528. The molecule has 0 bridgehead atoms. The van der Waals surface area contributed by atoms with Crippen molar-refractivity contribution in [2.45, 2.75) is 13.5 Å².